The second-order valence-electron chi connectivity index (χ2n) is 5.25. The van der Waals surface area contributed by atoms with E-state index < -0.39 is 0 Å². The van der Waals surface area contributed by atoms with Crippen LogP contribution in [0, 0.1) is 11.3 Å². The standard InChI is InChI=1S/C18H20ClN3/c1-21-17-7-3-5-14(11-17)6-4-10-22(2)18-12-16(19)9-8-15(18)13-20/h3,5,7-9,11-12,21H,4,6,10H2,1-2H3. The molecule has 0 heterocycles. The first-order valence-electron chi connectivity index (χ1n) is 7.31. The highest BCUT2D eigenvalue weighted by molar-refractivity contribution is 6.30. The Morgan fingerprint density at radius 3 is 2.77 bits per heavy atom. The van der Waals surface area contributed by atoms with E-state index in [9.17, 15) is 5.26 Å². The first-order chi connectivity index (χ1) is 10.6. The lowest BCUT2D eigenvalue weighted by Crippen LogP contribution is -2.20. The van der Waals surface area contributed by atoms with Gasteiger partial charge in [0.2, 0.25) is 0 Å². The van der Waals surface area contributed by atoms with Gasteiger partial charge in [-0.3, -0.25) is 0 Å². The SMILES string of the molecule is CNc1cccc(CCCN(C)c2cc(Cl)ccc2C#N)c1. The fraction of sp³-hybridized carbons (Fsp3) is 0.278. The number of nitrogens with zero attached hydrogens (tertiary/aromatic N) is 2. The molecule has 0 bridgehead atoms. The van der Waals surface area contributed by atoms with Crippen LogP contribution in [0.5, 0.6) is 0 Å². The number of nitrogens with one attached hydrogen (secondary N) is 1. The van der Waals surface area contributed by atoms with E-state index in [1.54, 1.807) is 12.1 Å². The lowest BCUT2D eigenvalue weighted by molar-refractivity contribution is 0.785. The predicted molar refractivity (Wildman–Crippen MR) is 93.7 cm³/mol. The number of anilines is 2. The minimum atomic E-state index is 0.655. The highest BCUT2D eigenvalue weighted by atomic mass is 35.5. The summed E-state index contributed by atoms with van der Waals surface area (Å²) >= 11 is 6.04. The highest BCUT2D eigenvalue weighted by Gasteiger charge is 2.08. The second-order valence-corrected chi connectivity index (χ2v) is 5.69. The summed E-state index contributed by atoms with van der Waals surface area (Å²) in [5.41, 5.74) is 3.99. The van der Waals surface area contributed by atoms with Gasteiger partial charge in [-0.15, -0.1) is 0 Å². The zero-order chi connectivity index (χ0) is 15.9. The Morgan fingerprint density at radius 1 is 1.23 bits per heavy atom. The number of halogens is 1. The van der Waals surface area contributed by atoms with Gasteiger partial charge in [-0.1, -0.05) is 23.7 Å². The van der Waals surface area contributed by atoms with E-state index in [0.717, 1.165) is 30.8 Å². The summed E-state index contributed by atoms with van der Waals surface area (Å²) in [5.74, 6) is 0. The topological polar surface area (TPSA) is 39.1 Å². The number of nitriles is 1. The van der Waals surface area contributed by atoms with Crippen molar-refractivity contribution in [2.24, 2.45) is 0 Å². The molecule has 2 aromatic carbocycles. The van der Waals surface area contributed by atoms with Crippen LogP contribution < -0.4 is 10.2 Å². The van der Waals surface area contributed by atoms with E-state index in [0.29, 0.717) is 10.6 Å². The molecular formula is C18H20ClN3. The molecule has 1 N–H and O–H groups in total. The van der Waals surface area contributed by atoms with Crippen LogP contribution in [-0.4, -0.2) is 20.6 Å². The molecule has 0 radical (unpaired) electrons. The molecule has 0 aliphatic heterocycles. The van der Waals surface area contributed by atoms with Gasteiger partial charge < -0.3 is 10.2 Å². The largest absolute Gasteiger partial charge is 0.388 e. The van der Waals surface area contributed by atoms with Crippen molar-refractivity contribution < 1.29 is 0 Å². The van der Waals surface area contributed by atoms with Crippen molar-refractivity contribution in [3.05, 3.63) is 58.6 Å². The Bertz CT molecular complexity index is 676. The third-order valence-corrected chi connectivity index (χ3v) is 3.90. The zero-order valence-electron chi connectivity index (χ0n) is 12.9. The molecular weight excluding hydrogens is 294 g/mol. The van der Waals surface area contributed by atoms with Crippen molar-refractivity contribution in [2.45, 2.75) is 12.8 Å². The summed E-state index contributed by atoms with van der Waals surface area (Å²) < 4.78 is 0. The Balaban J connectivity index is 1.97. The first-order valence-corrected chi connectivity index (χ1v) is 7.69. The molecule has 0 atom stereocenters. The lowest BCUT2D eigenvalue weighted by Gasteiger charge is -2.20. The number of aryl methyl sites for hydroxylation is 1. The monoisotopic (exact) mass is 313 g/mol. The summed E-state index contributed by atoms with van der Waals surface area (Å²) in [7, 11) is 3.92. The van der Waals surface area contributed by atoms with Crippen LogP contribution in [0.4, 0.5) is 11.4 Å². The number of hydrogen-bond donors (Lipinski definition) is 1. The summed E-state index contributed by atoms with van der Waals surface area (Å²) in [5, 5.41) is 13.0. The highest BCUT2D eigenvalue weighted by Crippen LogP contribution is 2.24. The smallest absolute Gasteiger partial charge is 0.101 e. The van der Waals surface area contributed by atoms with Gasteiger partial charge in [-0.05, 0) is 48.7 Å². The number of benzene rings is 2. The van der Waals surface area contributed by atoms with Crippen molar-refractivity contribution in [2.75, 3.05) is 30.9 Å². The van der Waals surface area contributed by atoms with E-state index >= 15 is 0 Å². The molecule has 0 fully saturated rings. The van der Waals surface area contributed by atoms with E-state index in [-0.39, 0.29) is 0 Å². The summed E-state index contributed by atoms with van der Waals surface area (Å²) in [6, 6.07) is 16.0. The summed E-state index contributed by atoms with van der Waals surface area (Å²) in [6.45, 7) is 0.874. The van der Waals surface area contributed by atoms with Crippen LogP contribution in [0.1, 0.15) is 17.5 Å². The maximum Gasteiger partial charge on any atom is 0.101 e. The summed E-state index contributed by atoms with van der Waals surface area (Å²) in [4.78, 5) is 2.09. The Labute approximate surface area is 137 Å². The maximum absolute atomic E-state index is 9.19. The van der Waals surface area contributed by atoms with Crippen molar-refractivity contribution >= 4 is 23.0 Å². The fourth-order valence-corrected chi connectivity index (χ4v) is 2.60. The quantitative estimate of drug-likeness (QED) is 0.863. The van der Waals surface area contributed by atoms with Gasteiger partial charge in [-0.2, -0.15) is 5.26 Å². The molecule has 4 heteroatoms. The number of rotatable bonds is 6. The third kappa shape index (κ3) is 4.16. The van der Waals surface area contributed by atoms with Gasteiger partial charge in [-0.25, -0.2) is 0 Å². The zero-order valence-corrected chi connectivity index (χ0v) is 13.7. The fourth-order valence-electron chi connectivity index (χ4n) is 2.44. The molecule has 3 nitrogen and oxygen atoms in total. The molecule has 0 aliphatic carbocycles. The molecule has 0 aromatic heterocycles. The third-order valence-electron chi connectivity index (χ3n) is 3.67. The molecule has 0 saturated heterocycles. The Kier molecular flexibility index (Phi) is 5.68. The molecule has 2 rings (SSSR count). The molecule has 2 aromatic rings. The maximum atomic E-state index is 9.19. The van der Waals surface area contributed by atoms with E-state index in [1.807, 2.05) is 20.2 Å². The molecule has 0 aliphatic rings. The first kappa shape index (κ1) is 16.2. The molecule has 0 amide bonds. The van der Waals surface area contributed by atoms with E-state index in [2.05, 4.69) is 40.6 Å². The van der Waals surface area contributed by atoms with E-state index in [1.165, 1.54) is 5.56 Å². The van der Waals surface area contributed by atoms with Gasteiger partial charge in [0, 0.05) is 31.4 Å². The average molecular weight is 314 g/mol. The Hall–Kier alpha value is -2.18. The second kappa shape index (κ2) is 7.72. The molecule has 0 spiro atoms. The predicted octanol–water partition coefficient (Wildman–Crippen LogP) is 4.32. The average Bonchev–Trinajstić information content (AvgIpc) is 2.55. The van der Waals surface area contributed by atoms with Crippen molar-refractivity contribution in [1.29, 1.82) is 5.26 Å². The van der Waals surface area contributed by atoms with Crippen LogP contribution in [0.15, 0.2) is 42.5 Å². The van der Waals surface area contributed by atoms with Crippen LogP contribution in [0.25, 0.3) is 0 Å². The molecule has 0 saturated carbocycles. The molecule has 0 unspecified atom stereocenters. The lowest BCUT2D eigenvalue weighted by atomic mass is 10.1. The Morgan fingerprint density at radius 2 is 2.05 bits per heavy atom. The van der Waals surface area contributed by atoms with Gasteiger partial charge in [0.15, 0.2) is 0 Å². The minimum absolute atomic E-state index is 0.655. The van der Waals surface area contributed by atoms with Gasteiger partial charge in [0.25, 0.3) is 0 Å². The van der Waals surface area contributed by atoms with Gasteiger partial charge in [0.05, 0.1) is 11.3 Å². The number of hydrogen-bond acceptors (Lipinski definition) is 3. The van der Waals surface area contributed by atoms with Gasteiger partial charge >= 0.3 is 0 Å². The van der Waals surface area contributed by atoms with Crippen LogP contribution in [0.3, 0.4) is 0 Å². The molecule has 114 valence electrons. The van der Waals surface area contributed by atoms with E-state index in [4.69, 9.17) is 11.6 Å². The minimum Gasteiger partial charge on any atom is -0.388 e. The van der Waals surface area contributed by atoms with Crippen LogP contribution >= 0.6 is 11.6 Å². The van der Waals surface area contributed by atoms with Crippen molar-refractivity contribution in [1.82, 2.24) is 0 Å². The van der Waals surface area contributed by atoms with Crippen molar-refractivity contribution in [3.63, 3.8) is 0 Å². The van der Waals surface area contributed by atoms with Gasteiger partial charge in [0.1, 0.15) is 6.07 Å². The van der Waals surface area contributed by atoms with Crippen molar-refractivity contribution in [3.8, 4) is 6.07 Å². The molecule has 22 heavy (non-hydrogen) atoms. The van der Waals surface area contributed by atoms with Crippen LogP contribution in [0.2, 0.25) is 5.02 Å². The summed E-state index contributed by atoms with van der Waals surface area (Å²) in [6.07, 6.45) is 2.02. The normalized spacial score (nSPS) is 10.1. The van der Waals surface area contributed by atoms with Crippen LogP contribution in [-0.2, 0) is 6.42 Å².